The summed E-state index contributed by atoms with van der Waals surface area (Å²) in [4.78, 5) is 4.84. The van der Waals surface area contributed by atoms with Gasteiger partial charge in [-0.25, -0.2) is 4.98 Å². The molecule has 0 aliphatic heterocycles. The Bertz CT molecular complexity index is 2380. The van der Waals surface area contributed by atoms with Gasteiger partial charge in [-0.15, -0.1) is 41.3 Å². The van der Waals surface area contributed by atoms with Gasteiger partial charge >= 0.3 is 21.1 Å². The molecule has 0 amide bonds. The Balaban J connectivity index is 0.00000481. The van der Waals surface area contributed by atoms with E-state index in [1.165, 1.54) is 50.0 Å². The molecule has 3 aromatic heterocycles. The van der Waals surface area contributed by atoms with Gasteiger partial charge in [-0.3, -0.25) is 4.68 Å². The average Bonchev–Trinajstić information content (AvgIpc) is 3.63. The van der Waals surface area contributed by atoms with Gasteiger partial charge in [-0.2, -0.15) is 11.2 Å². The first-order valence-corrected chi connectivity index (χ1v) is 19.0. The van der Waals surface area contributed by atoms with E-state index in [-0.39, 0.29) is 27.0 Å². The molecule has 0 saturated carbocycles. The molecule has 5 nitrogen and oxygen atoms in total. The van der Waals surface area contributed by atoms with Crippen LogP contribution in [-0.4, -0.2) is 19.3 Å². The summed E-state index contributed by atoms with van der Waals surface area (Å²) in [5, 5.41) is 7.49. The molecule has 6 heteroatoms. The van der Waals surface area contributed by atoms with Gasteiger partial charge in [0.25, 0.3) is 0 Å². The van der Waals surface area contributed by atoms with E-state index < -0.39 is 0 Å². The van der Waals surface area contributed by atoms with Crippen LogP contribution in [0.25, 0.3) is 44.4 Å². The molecule has 0 atom stereocenters. The Morgan fingerprint density at radius 2 is 1.49 bits per heavy atom. The van der Waals surface area contributed by atoms with Crippen LogP contribution in [0.4, 0.5) is 0 Å². The molecule has 0 spiro atoms. The SMILES string of the molecule is CCCCc1ccnc(-n2c3[c-]c(Oc4[c-]c(-n5nc(C)c(-c6c(C)cc(C)cc6C)c5CCCC)cc(C(C)C)c4)ccc3c3ccccc32)c1.[Pt+2]. The number of fused-ring (bicyclic) bond motifs is 3. The summed E-state index contributed by atoms with van der Waals surface area (Å²) in [5.41, 5.74) is 14.1. The van der Waals surface area contributed by atoms with E-state index in [4.69, 9.17) is 14.8 Å². The number of hydrogen-bond acceptors (Lipinski definition) is 3. The maximum absolute atomic E-state index is 6.71. The normalized spacial score (nSPS) is 11.5. The van der Waals surface area contributed by atoms with E-state index in [1.54, 1.807) is 0 Å². The van der Waals surface area contributed by atoms with E-state index in [0.29, 0.717) is 11.5 Å². The zero-order valence-electron chi connectivity index (χ0n) is 32.3. The molecule has 0 aliphatic carbocycles. The van der Waals surface area contributed by atoms with Gasteiger partial charge in [0.05, 0.1) is 5.69 Å². The van der Waals surface area contributed by atoms with Crippen molar-refractivity contribution < 1.29 is 25.8 Å². The van der Waals surface area contributed by atoms with Crippen molar-refractivity contribution in [2.75, 3.05) is 0 Å². The van der Waals surface area contributed by atoms with E-state index in [1.807, 2.05) is 12.3 Å². The molecular weight excluding hydrogens is 832 g/mol. The quantitative estimate of drug-likeness (QED) is 0.115. The number of rotatable bonds is 12. The molecule has 0 bridgehead atoms. The van der Waals surface area contributed by atoms with Gasteiger partial charge in [0.2, 0.25) is 0 Å². The Kier molecular flexibility index (Phi) is 11.7. The van der Waals surface area contributed by atoms with Crippen molar-refractivity contribution in [3.8, 4) is 34.1 Å². The molecule has 0 unspecified atom stereocenters. The minimum Gasteiger partial charge on any atom is -0.509 e. The van der Waals surface area contributed by atoms with Crippen molar-refractivity contribution in [3.63, 3.8) is 0 Å². The van der Waals surface area contributed by atoms with Crippen molar-refractivity contribution >= 4 is 21.8 Å². The summed E-state index contributed by atoms with van der Waals surface area (Å²) in [6, 6.07) is 33.2. The molecule has 0 radical (unpaired) electrons. The topological polar surface area (TPSA) is 44.9 Å². The minimum absolute atomic E-state index is 0. The molecule has 0 aliphatic rings. The fourth-order valence-corrected chi connectivity index (χ4v) is 7.71. The van der Waals surface area contributed by atoms with Gasteiger partial charge in [0.1, 0.15) is 5.82 Å². The summed E-state index contributed by atoms with van der Waals surface area (Å²) in [5.74, 6) is 2.47. The number of benzene rings is 4. The Morgan fingerprint density at radius 3 is 2.23 bits per heavy atom. The third-order valence-electron chi connectivity index (χ3n) is 10.2. The molecule has 274 valence electrons. The fraction of sp³-hybridized carbons (Fsp3) is 0.319. The van der Waals surface area contributed by atoms with Gasteiger partial charge in [-0.05, 0) is 111 Å². The summed E-state index contributed by atoms with van der Waals surface area (Å²) in [6.07, 6.45) is 8.38. The van der Waals surface area contributed by atoms with Gasteiger partial charge < -0.3 is 9.30 Å². The molecule has 53 heavy (non-hydrogen) atoms. The first kappa shape index (κ1) is 38.3. The van der Waals surface area contributed by atoms with Crippen molar-refractivity contribution in [1.82, 2.24) is 19.3 Å². The molecule has 3 heterocycles. The number of aryl methyl sites for hydroxylation is 5. The van der Waals surface area contributed by atoms with E-state index >= 15 is 0 Å². The van der Waals surface area contributed by atoms with Gasteiger partial charge in [0, 0.05) is 34.5 Å². The van der Waals surface area contributed by atoms with Crippen molar-refractivity contribution in [3.05, 3.63) is 130 Å². The molecule has 0 saturated heterocycles. The molecule has 0 N–H and O–H groups in total. The van der Waals surface area contributed by atoms with E-state index in [9.17, 15) is 0 Å². The Hall–Kier alpha value is -4.47. The summed E-state index contributed by atoms with van der Waals surface area (Å²) < 4.78 is 11.1. The molecule has 0 fully saturated rings. The maximum Gasteiger partial charge on any atom is 2.00 e. The second-order valence-electron chi connectivity index (χ2n) is 14.7. The number of aromatic nitrogens is 4. The fourth-order valence-electron chi connectivity index (χ4n) is 7.71. The van der Waals surface area contributed by atoms with E-state index in [0.717, 1.165) is 72.1 Å². The first-order valence-electron chi connectivity index (χ1n) is 19.0. The first-order chi connectivity index (χ1) is 25.2. The number of ether oxygens (including phenoxy) is 1. The average molecular weight is 882 g/mol. The van der Waals surface area contributed by atoms with Crippen LogP contribution in [0.5, 0.6) is 11.5 Å². The monoisotopic (exact) mass is 881 g/mol. The van der Waals surface area contributed by atoms with Crippen LogP contribution in [0.2, 0.25) is 0 Å². The predicted octanol–water partition coefficient (Wildman–Crippen LogP) is 12.5. The minimum atomic E-state index is 0. The van der Waals surface area contributed by atoms with Crippen molar-refractivity contribution in [1.29, 1.82) is 0 Å². The summed E-state index contributed by atoms with van der Waals surface area (Å²) >= 11 is 0. The zero-order chi connectivity index (χ0) is 36.5. The second-order valence-corrected chi connectivity index (χ2v) is 14.7. The van der Waals surface area contributed by atoms with Gasteiger partial charge in [-0.1, -0.05) is 81.9 Å². The van der Waals surface area contributed by atoms with Crippen molar-refractivity contribution in [2.24, 2.45) is 0 Å². The van der Waals surface area contributed by atoms with Crippen LogP contribution >= 0.6 is 0 Å². The number of para-hydroxylation sites is 1. The second kappa shape index (κ2) is 16.3. The summed E-state index contributed by atoms with van der Waals surface area (Å²) in [7, 11) is 0. The summed E-state index contributed by atoms with van der Waals surface area (Å²) in [6.45, 7) is 17.7. The third-order valence-corrected chi connectivity index (χ3v) is 10.2. The molecule has 4 aromatic carbocycles. The van der Waals surface area contributed by atoms with Gasteiger partial charge in [0.15, 0.2) is 0 Å². The Morgan fingerprint density at radius 1 is 0.755 bits per heavy atom. The van der Waals surface area contributed by atoms with Crippen LogP contribution in [0, 0.1) is 39.8 Å². The smallest absolute Gasteiger partial charge is 0.509 e. The van der Waals surface area contributed by atoms with Crippen LogP contribution in [0.3, 0.4) is 0 Å². The number of unbranched alkanes of at least 4 members (excludes halogenated alkanes) is 2. The predicted molar refractivity (Wildman–Crippen MR) is 216 cm³/mol. The maximum atomic E-state index is 6.71. The largest absolute Gasteiger partial charge is 2.00 e. The molecule has 7 aromatic rings. The number of hydrogen-bond donors (Lipinski definition) is 0. The Labute approximate surface area is 329 Å². The number of pyridine rings is 1. The third kappa shape index (κ3) is 7.64. The van der Waals surface area contributed by atoms with Crippen LogP contribution in [-0.2, 0) is 33.9 Å². The van der Waals surface area contributed by atoms with E-state index in [2.05, 4.69) is 144 Å². The van der Waals surface area contributed by atoms with Crippen LogP contribution < -0.4 is 4.74 Å². The van der Waals surface area contributed by atoms with Crippen LogP contribution in [0.15, 0.2) is 79.0 Å². The molecule has 7 rings (SSSR count). The van der Waals surface area contributed by atoms with Crippen molar-refractivity contribution in [2.45, 2.75) is 99.8 Å². The standard InChI is InChI=1S/C47H50N4O.Pt/c1-9-11-15-35-21-22-48-45(25-35)50-42-18-14-13-16-40(42)41-20-19-38(29-44(41)50)52-39-27-36(30(3)4)26-37(28-39)51-43(17-12-10-2)47(34(8)49-51)46-32(6)23-31(5)24-33(46)7;/h13-14,16,18-27,30H,9-12,15,17H2,1-8H3;/q-2;+2. The van der Waals surface area contributed by atoms with Crippen LogP contribution in [0.1, 0.15) is 98.5 Å². The molecular formula is C47H50N4OPt. The number of nitrogens with zero attached hydrogens (tertiary/aromatic N) is 4. The zero-order valence-corrected chi connectivity index (χ0v) is 34.6.